The highest BCUT2D eigenvalue weighted by atomic mass is 79.9. The second kappa shape index (κ2) is 3.62. The predicted octanol–water partition coefficient (Wildman–Crippen LogP) is 3.45. The van der Waals surface area contributed by atoms with E-state index in [0.717, 1.165) is 6.42 Å². The average Bonchev–Trinajstić information content (AvgIpc) is 1.93. The molecule has 0 nitrogen and oxygen atoms in total. The van der Waals surface area contributed by atoms with Crippen molar-refractivity contribution in [1.29, 1.82) is 0 Å². The van der Waals surface area contributed by atoms with Crippen molar-refractivity contribution in [2.45, 2.75) is 31.1 Å². The highest BCUT2D eigenvalue weighted by Gasteiger charge is 2.06. The van der Waals surface area contributed by atoms with E-state index in [9.17, 15) is 0 Å². The lowest BCUT2D eigenvalue weighted by molar-refractivity contribution is 0.720. The van der Waals surface area contributed by atoms with Crippen LogP contribution in [0.2, 0.25) is 0 Å². The third-order valence-corrected chi connectivity index (χ3v) is 2.51. The fourth-order valence-corrected chi connectivity index (χ4v) is 2.05. The summed E-state index contributed by atoms with van der Waals surface area (Å²) in [5.41, 5.74) is 0. The Labute approximate surface area is 69.4 Å². The topological polar surface area (TPSA) is 0 Å². The van der Waals surface area contributed by atoms with Crippen molar-refractivity contribution >= 4 is 27.5 Å². The number of hydrogen-bond donors (Lipinski definition) is 0. The van der Waals surface area contributed by atoms with Crippen LogP contribution in [-0.4, -0.2) is 5.38 Å². The standard InChI is InChI=1S/C7H10BrCl/c8-6-3-1-2-4-7(9)5-6/h5,7H,1-4H2. The summed E-state index contributed by atoms with van der Waals surface area (Å²) in [6.45, 7) is 0. The number of alkyl halides is 1. The first-order valence-corrected chi connectivity index (χ1v) is 4.52. The molecule has 1 atom stereocenters. The van der Waals surface area contributed by atoms with E-state index in [4.69, 9.17) is 11.6 Å². The van der Waals surface area contributed by atoms with Crippen molar-refractivity contribution in [3.63, 3.8) is 0 Å². The summed E-state index contributed by atoms with van der Waals surface area (Å²) in [6, 6.07) is 0. The van der Waals surface area contributed by atoms with Gasteiger partial charge in [-0.1, -0.05) is 28.4 Å². The molecule has 0 saturated heterocycles. The molecule has 0 aromatic carbocycles. The van der Waals surface area contributed by atoms with Gasteiger partial charge in [-0.2, -0.15) is 0 Å². The van der Waals surface area contributed by atoms with Gasteiger partial charge in [0.05, 0.1) is 5.38 Å². The summed E-state index contributed by atoms with van der Waals surface area (Å²) >= 11 is 9.36. The molecular weight excluding hydrogens is 199 g/mol. The summed E-state index contributed by atoms with van der Waals surface area (Å²) in [5.74, 6) is 0. The normalized spacial score (nSPS) is 29.1. The summed E-state index contributed by atoms with van der Waals surface area (Å²) in [7, 11) is 0. The Balaban J connectivity index is 2.49. The van der Waals surface area contributed by atoms with E-state index < -0.39 is 0 Å². The van der Waals surface area contributed by atoms with Crippen molar-refractivity contribution in [2.24, 2.45) is 0 Å². The predicted molar refractivity (Wildman–Crippen MR) is 45.1 cm³/mol. The second-order valence-electron chi connectivity index (χ2n) is 2.38. The van der Waals surface area contributed by atoms with E-state index in [1.165, 1.54) is 23.7 Å². The third-order valence-electron chi connectivity index (χ3n) is 1.51. The van der Waals surface area contributed by atoms with Crippen molar-refractivity contribution in [1.82, 2.24) is 0 Å². The SMILES string of the molecule is ClC1C=C(Br)CCCC1. The van der Waals surface area contributed by atoms with Crippen molar-refractivity contribution in [3.8, 4) is 0 Å². The minimum absolute atomic E-state index is 0.266. The van der Waals surface area contributed by atoms with Gasteiger partial charge in [-0.25, -0.2) is 0 Å². The minimum Gasteiger partial charge on any atom is -0.118 e. The molecule has 1 aliphatic carbocycles. The van der Waals surface area contributed by atoms with E-state index in [1.807, 2.05) is 0 Å². The van der Waals surface area contributed by atoms with Crippen molar-refractivity contribution in [2.75, 3.05) is 0 Å². The lowest BCUT2D eigenvalue weighted by atomic mass is 10.2. The molecule has 0 radical (unpaired) electrons. The highest BCUT2D eigenvalue weighted by molar-refractivity contribution is 9.11. The van der Waals surface area contributed by atoms with E-state index in [1.54, 1.807) is 0 Å². The van der Waals surface area contributed by atoms with E-state index in [0.29, 0.717) is 0 Å². The molecule has 1 unspecified atom stereocenters. The second-order valence-corrected chi connectivity index (χ2v) is 3.95. The Morgan fingerprint density at radius 1 is 1.56 bits per heavy atom. The van der Waals surface area contributed by atoms with Gasteiger partial charge in [-0.05, 0) is 23.7 Å². The number of halogens is 2. The number of allylic oxidation sites excluding steroid dienone is 2. The van der Waals surface area contributed by atoms with Gasteiger partial charge in [-0.15, -0.1) is 11.6 Å². The summed E-state index contributed by atoms with van der Waals surface area (Å²) in [5, 5.41) is 0.266. The molecule has 0 aliphatic heterocycles. The lowest BCUT2D eigenvalue weighted by Gasteiger charge is -1.96. The Hall–Kier alpha value is 0.510. The van der Waals surface area contributed by atoms with Gasteiger partial charge in [0.1, 0.15) is 0 Å². The first-order chi connectivity index (χ1) is 4.29. The lowest BCUT2D eigenvalue weighted by Crippen LogP contribution is -1.89. The van der Waals surface area contributed by atoms with E-state index >= 15 is 0 Å². The van der Waals surface area contributed by atoms with Gasteiger partial charge in [0.25, 0.3) is 0 Å². The van der Waals surface area contributed by atoms with E-state index in [-0.39, 0.29) is 5.38 Å². The first kappa shape index (κ1) is 7.62. The molecule has 9 heavy (non-hydrogen) atoms. The fourth-order valence-electron chi connectivity index (χ4n) is 0.996. The van der Waals surface area contributed by atoms with Gasteiger partial charge in [0, 0.05) is 0 Å². The number of hydrogen-bond acceptors (Lipinski definition) is 0. The van der Waals surface area contributed by atoms with Gasteiger partial charge >= 0.3 is 0 Å². The molecule has 2 heteroatoms. The zero-order chi connectivity index (χ0) is 6.69. The average molecular weight is 210 g/mol. The quantitative estimate of drug-likeness (QED) is 0.536. The molecule has 0 spiro atoms. The van der Waals surface area contributed by atoms with Crippen molar-refractivity contribution < 1.29 is 0 Å². The maximum Gasteiger partial charge on any atom is 0.0526 e. The van der Waals surface area contributed by atoms with Crippen LogP contribution in [0.5, 0.6) is 0 Å². The monoisotopic (exact) mass is 208 g/mol. The van der Waals surface area contributed by atoms with Crippen LogP contribution in [0, 0.1) is 0 Å². The molecule has 1 rings (SSSR count). The highest BCUT2D eigenvalue weighted by Crippen LogP contribution is 2.24. The Bertz CT molecular complexity index is 120. The molecule has 0 saturated carbocycles. The molecule has 0 N–H and O–H groups in total. The van der Waals surface area contributed by atoms with Crippen molar-refractivity contribution in [3.05, 3.63) is 10.6 Å². The largest absolute Gasteiger partial charge is 0.118 e. The molecule has 0 aromatic heterocycles. The van der Waals surface area contributed by atoms with Gasteiger partial charge in [0.15, 0.2) is 0 Å². The van der Waals surface area contributed by atoms with Crippen LogP contribution in [0.15, 0.2) is 10.6 Å². The van der Waals surface area contributed by atoms with Gasteiger partial charge in [0.2, 0.25) is 0 Å². The first-order valence-electron chi connectivity index (χ1n) is 3.29. The molecule has 0 aromatic rings. The van der Waals surface area contributed by atoms with Crippen LogP contribution < -0.4 is 0 Å². The summed E-state index contributed by atoms with van der Waals surface area (Å²) < 4.78 is 1.28. The zero-order valence-corrected chi connectivity index (χ0v) is 7.58. The van der Waals surface area contributed by atoms with Crippen LogP contribution in [0.3, 0.4) is 0 Å². The van der Waals surface area contributed by atoms with Crippen LogP contribution in [0.4, 0.5) is 0 Å². The smallest absolute Gasteiger partial charge is 0.0526 e. The Kier molecular flexibility index (Phi) is 3.07. The summed E-state index contributed by atoms with van der Waals surface area (Å²) in [6.07, 6.45) is 6.95. The van der Waals surface area contributed by atoms with Gasteiger partial charge in [-0.3, -0.25) is 0 Å². The molecule has 0 amide bonds. The number of rotatable bonds is 0. The molecule has 1 aliphatic rings. The van der Waals surface area contributed by atoms with E-state index in [2.05, 4.69) is 22.0 Å². The molecule has 0 fully saturated rings. The molecule has 0 heterocycles. The molecule has 52 valence electrons. The van der Waals surface area contributed by atoms with Crippen LogP contribution in [0.1, 0.15) is 25.7 Å². The van der Waals surface area contributed by atoms with Gasteiger partial charge < -0.3 is 0 Å². The maximum atomic E-state index is 5.91. The van der Waals surface area contributed by atoms with Crippen LogP contribution in [-0.2, 0) is 0 Å². The van der Waals surface area contributed by atoms with Crippen LogP contribution >= 0.6 is 27.5 Å². The zero-order valence-electron chi connectivity index (χ0n) is 5.24. The Morgan fingerprint density at radius 3 is 3.11 bits per heavy atom. The molecule has 0 bridgehead atoms. The Morgan fingerprint density at radius 2 is 2.33 bits per heavy atom. The summed E-state index contributed by atoms with van der Waals surface area (Å²) in [4.78, 5) is 0. The maximum absolute atomic E-state index is 5.91. The third kappa shape index (κ3) is 2.72. The minimum atomic E-state index is 0.266. The molecular formula is C7H10BrCl. The fraction of sp³-hybridized carbons (Fsp3) is 0.714. The van der Waals surface area contributed by atoms with Crippen LogP contribution in [0.25, 0.3) is 0 Å².